The summed E-state index contributed by atoms with van der Waals surface area (Å²) in [6.07, 6.45) is 0.676. The van der Waals surface area contributed by atoms with Gasteiger partial charge in [-0.3, -0.25) is 9.59 Å². The van der Waals surface area contributed by atoms with Crippen molar-refractivity contribution in [2.45, 2.75) is 26.2 Å². The van der Waals surface area contributed by atoms with Crippen molar-refractivity contribution in [2.75, 3.05) is 25.6 Å². The molecule has 0 fully saturated rings. The van der Waals surface area contributed by atoms with Gasteiger partial charge in [0.05, 0.1) is 7.11 Å². The van der Waals surface area contributed by atoms with Gasteiger partial charge in [-0.15, -0.1) is 0 Å². The molecule has 7 nitrogen and oxygen atoms in total. The number of hydrogen-bond acceptors (Lipinski definition) is 6. The van der Waals surface area contributed by atoms with Crippen LogP contribution in [-0.4, -0.2) is 38.5 Å². The van der Waals surface area contributed by atoms with E-state index in [-0.39, 0.29) is 5.41 Å². The number of anilines is 1. The molecule has 0 heterocycles. The van der Waals surface area contributed by atoms with E-state index in [2.05, 4.69) is 26.1 Å². The predicted octanol–water partition coefficient (Wildman–Crippen LogP) is 3.37. The molecule has 1 amide bonds. The Bertz CT molecular complexity index is 868. The first-order valence-electron chi connectivity index (χ1n) is 9.05. The fraction of sp³-hybridized carbons (Fsp3) is 0.318. The van der Waals surface area contributed by atoms with Gasteiger partial charge in [0.25, 0.3) is 5.91 Å². The molecule has 0 unspecified atom stereocenters. The van der Waals surface area contributed by atoms with Gasteiger partial charge in [-0.1, -0.05) is 32.9 Å². The van der Waals surface area contributed by atoms with Crippen LogP contribution < -0.4 is 14.8 Å². The Morgan fingerprint density at radius 2 is 1.69 bits per heavy atom. The molecular formula is C22H25NO6. The van der Waals surface area contributed by atoms with Gasteiger partial charge in [0.1, 0.15) is 6.29 Å². The highest BCUT2D eigenvalue weighted by molar-refractivity contribution is 5.92. The quantitative estimate of drug-likeness (QED) is 0.541. The van der Waals surface area contributed by atoms with Crippen LogP contribution in [0.1, 0.15) is 36.7 Å². The number of methoxy groups -OCH3 is 1. The van der Waals surface area contributed by atoms with Crippen LogP contribution in [0.3, 0.4) is 0 Å². The second-order valence-electron chi connectivity index (χ2n) is 7.35. The number of carbonyl (C=O) groups excluding carboxylic acids is 3. The van der Waals surface area contributed by atoms with Crippen molar-refractivity contribution in [3.05, 3.63) is 53.6 Å². The number of nitrogens with one attached hydrogen (secondary N) is 1. The number of carbonyl (C=O) groups is 3. The van der Waals surface area contributed by atoms with E-state index in [4.69, 9.17) is 14.2 Å². The summed E-state index contributed by atoms with van der Waals surface area (Å²) >= 11 is 0. The molecular weight excluding hydrogens is 374 g/mol. The molecule has 0 spiro atoms. The van der Waals surface area contributed by atoms with Crippen molar-refractivity contribution in [3.63, 3.8) is 0 Å². The van der Waals surface area contributed by atoms with E-state index in [1.807, 2.05) is 12.1 Å². The molecule has 154 valence electrons. The largest absolute Gasteiger partial charge is 0.493 e. The summed E-state index contributed by atoms with van der Waals surface area (Å²) in [5, 5.41) is 2.67. The van der Waals surface area contributed by atoms with E-state index in [0.29, 0.717) is 29.0 Å². The molecule has 0 aromatic heterocycles. The summed E-state index contributed by atoms with van der Waals surface area (Å²) in [4.78, 5) is 34.6. The molecule has 0 aliphatic carbocycles. The third-order valence-electron chi connectivity index (χ3n) is 4.07. The second-order valence-corrected chi connectivity index (χ2v) is 7.35. The van der Waals surface area contributed by atoms with Crippen LogP contribution in [0.15, 0.2) is 42.5 Å². The zero-order valence-electron chi connectivity index (χ0n) is 17.0. The summed E-state index contributed by atoms with van der Waals surface area (Å²) < 4.78 is 15.4. The Morgan fingerprint density at radius 3 is 2.28 bits per heavy atom. The number of benzene rings is 2. The average Bonchev–Trinajstić information content (AvgIpc) is 2.70. The van der Waals surface area contributed by atoms with Crippen molar-refractivity contribution in [2.24, 2.45) is 0 Å². The Morgan fingerprint density at radius 1 is 1.00 bits per heavy atom. The number of esters is 1. The first-order chi connectivity index (χ1) is 13.7. The van der Waals surface area contributed by atoms with Crippen LogP contribution in [0.25, 0.3) is 0 Å². The van der Waals surface area contributed by atoms with E-state index < -0.39 is 25.1 Å². The van der Waals surface area contributed by atoms with E-state index >= 15 is 0 Å². The van der Waals surface area contributed by atoms with E-state index in [9.17, 15) is 14.4 Å². The fourth-order valence-electron chi connectivity index (χ4n) is 2.45. The fourth-order valence-corrected chi connectivity index (χ4v) is 2.45. The van der Waals surface area contributed by atoms with Crippen molar-refractivity contribution in [1.82, 2.24) is 0 Å². The highest BCUT2D eigenvalue weighted by Gasteiger charge is 2.14. The maximum atomic E-state index is 12.0. The minimum Gasteiger partial charge on any atom is -0.493 e. The SMILES string of the molecule is COc1cc(C=O)ccc1OCC(=O)OCC(=O)Nc1ccc(C(C)(C)C)cc1. The predicted molar refractivity (Wildman–Crippen MR) is 109 cm³/mol. The lowest BCUT2D eigenvalue weighted by atomic mass is 9.87. The van der Waals surface area contributed by atoms with Crippen molar-refractivity contribution >= 4 is 23.9 Å². The van der Waals surface area contributed by atoms with Crippen LogP contribution in [-0.2, 0) is 19.7 Å². The number of amides is 1. The zero-order valence-corrected chi connectivity index (χ0v) is 17.0. The van der Waals surface area contributed by atoms with Crippen LogP contribution in [0, 0.1) is 0 Å². The Labute approximate surface area is 170 Å². The molecule has 0 saturated carbocycles. The number of hydrogen-bond donors (Lipinski definition) is 1. The summed E-state index contributed by atoms with van der Waals surface area (Å²) in [7, 11) is 1.42. The molecule has 2 rings (SSSR count). The van der Waals surface area contributed by atoms with Crippen molar-refractivity contribution < 1.29 is 28.6 Å². The smallest absolute Gasteiger partial charge is 0.344 e. The van der Waals surface area contributed by atoms with Gasteiger partial charge in [0, 0.05) is 11.3 Å². The second kappa shape index (κ2) is 9.73. The summed E-state index contributed by atoms with van der Waals surface area (Å²) in [5.41, 5.74) is 2.21. The molecule has 0 aliphatic rings. The van der Waals surface area contributed by atoms with E-state index in [0.717, 1.165) is 5.56 Å². The van der Waals surface area contributed by atoms with Crippen molar-refractivity contribution in [3.8, 4) is 11.5 Å². The van der Waals surface area contributed by atoms with Gasteiger partial charge in [0.15, 0.2) is 24.7 Å². The molecule has 0 radical (unpaired) electrons. The molecule has 0 atom stereocenters. The molecule has 7 heteroatoms. The van der Waals surface area contributed by atoms with E-state index in [1.54, 1.807) is 12.1 Å². The third kappa shape index (κ3) is 6.64. The number of aldehydes is 1. The summed E-state index contributed by atoms with van der Waals surface area (Å²) in [6, 6.07) is 12.0. The van der Waals surface area contributed by atoms with Crippen LogP contribution in [0.5, 0.6) is 11.5 Å². The maximum Gasteiger partial charge on any atom is 0.344 e. The molecule has 0 saturated heterocycles. The van der Waals surface area contributed by atoms with Crippen molar-refractivity contribution in [1.29, 1.82) is 0 Å². The highest BCUT2D eigenvalue weighted by Crippen LogP contribution is 2.27. The van der Waals surface area contributed by atoms with Crippen LogP contribution in [0.2, 0.25) is 0 Å². The first kappa shape index (κ1) is 21.9. The number of ether oxygens (including phenoxy) is 3. The number of rotatable bonds is 8. The normalized spacial score (nSPS) is 10.8. The monoisotopic (exact) mass is 399 g/mol. The maximum absolute atomic E-state index is 12.0. The van der Waals surface area contributed by atoms with Crippen LogP contribution >= 0.6 is 0 Å². The van der Waals surface area contributed by atoms with Gasteiger partial charge in [-0.25, -0.2) is 4.79 Å². The summed E-state index contributed by atoms with van der Waals surface area (Å²) in [6.45, 7) is 5.49. The van der Waals surface area contributed by atoms with Gasteiger partial charge in [-0.05, 0) is 41.3 Å². The first-order valence-corrected chi connectivity index (χ1v) is 9.05. The molecule has 2 aromatic carbocycles. The standard InChI is InChI=1S/C22H25NO6/c1-22(2,3)16-6-8-17(9-7-16)23-20(25)13-29-21(26)14-28-18-10-5-15(12-24)11-19(18)27-4/h5-12H,13-14H2,1-4H3,(H,23,25). The molecule has 29 heavy (non-hydrogen) atoms. The molecule has 1 N–H and O–H groups in total. The zero-order chi connectivity index (χ0) is 21.4. The van der Waals surface area contributed by atoms with Gasteiger partial charge in [0.2, 0.25) is 0 Å². The Balaban J connectivity index is 1.80. The Kier molecular flexibility index (Phi) is 7.36. The minimum atomic E-state index is -0.704. The topological polar surface area (TPSA) is 90.9 Å². The van der Waals surface area contributed by atoms with E-state index in [1.165, 1.54) is 25.3 Å². The summed E-state index contributed by atoms with van der Waals surface area (Å²) in [5.74, 6) is -0.545. The lowest BCUT2D eigenvalue weighted by Crippen LogP contribution is -2.23. The highest BCUT2D eigenvalue weighted by atomic mass is 16.6. The van der Waals surface area contributed by atoms with Crippen LogP contribution in [0.4, 0.5) is 5.69 Å². The Hall–Kier alpha value is -3.35. The minimum absolute atomic E-state index is 0.0221. The molecule has 0 bridgehead atoms. The van der Waals surface area contributed by atoms with Gasteiger partial charge >= 0.3 is 5.97 Å². The van der Waals surface area contributed by atoms with Gasteiger partial charge in [-0.2, -0.15) is 0 Å². The molecule has 0 aliphatic heterocycles. The lowest BCUT2D eigenvalue weighted by molar-refractivity contribution is -0.149. The third-order valence-corrected chi connectivity index (χ3v) is 4.07. The average molecular weight is 399 g/mol. The molecule has 2 aromatic rings. The van der Waals surface area contributed by atoms with Gasteiger partial charge < -0.3 is 19.5 Å². The lowest BCUT2D eigenvalue weighted by Gasteiger charge is -2.19.